The Hall–Kier alpha value is -0.840. The minimum atomic E-state index is -0.274. The normalized spacial score (nSPS) is 10.4. The van der Waals surface area contributed by atoms with Gasteiger partial charge in [0.05, 0.1) is 5.56 Å². The standard InChI is InChI=1S/C11H11IO2/c12-8-4-5-9-14-11(13)10-6-2-1-3-7-10/h1-7H,8-9H2. The zero-order valence-corrected chi connectivity index (χ0v) is 9.81. The smallest absolute Gasteiger partial charge is 0.338 e. The Labute approximate surface area is 97.1 Å². The van der Waals surface area contributed by atoms with Crippen molar-refractivity contribution in [2.75, 3.05) is 11.0 Å². The molecular weight excluding hydrogens is 291 g/mol. The Morgan fingerprint density at radius 3 is 2.64 bits per heavy atom. The third-order valence-corrected chi connectivity index (χ3v) is 2.08. The monoisotopic (exact) mass is 302 g/mol. The molecular formula is C11H11IO2. The van der Waals surface area contributed by atoms with Crippen molar-refractivity contribution in [1.82, 2.24) is 0 Å². The Morgan fingerprint density at radius 2 is 2.00 bits per heavy atom. The highest BCUT2D eigenvalue weighted by Crippen LogP contribution is 2.00. The summed E-state index contributed by atoms with van der Waals surface area (Å²) in [6.07, 6.45) is 3.80. The van der Waals surface area contributed by atoms with Crippen LogP contribution in [0.4, 0.5) is 0 Å². The van der Waals surface area contributed by atoms with Crippen LogP contribution in [0, 0.1) is 0 Å². The Balaban J connectivity index is 2.40. The molecule has 0 atom stereocenters. The second-order valence-corrected chi connectivity index (χ2v) is 3.47. The number of allylic oxidation sites excluding steroid dienone is 1. The van der Waals surface area contributed by atoms with Gasteiger partial charge in [-0.05, 0) is 12.1 Å². The average Bonchev–Trinajstić information content (AvgIpc) is 2.25. The van der Waals surface area contributed by atoms with E-state index in [4.69, 9.17) is 4.74 Å². The predicted molar refractivity (Wildman–Crippen MR) is 64.8 cm³/mol. The van der Waals surface area contributed by atoms with E-state index >= 15 is 0 Å². The first kappa shape index (κ1) is 11.2. The van der Waals surface area contributed by atoms with E-state index in [9.17, 15) is 4.79 Å². The van der Waals surface area contributed by atoms with Crippen molar-refractivity contribution in [3.05, 3.63) is 48.0 Å². The third-order valence-electron chi connectivity index (χ3n) is 1.58. The Morgan fingerprint density at radius 1 is 1.29 bits per heavy atom. The maximum atomic E-state index is 11.3. The molecule has 0 saturated carbocycles. The molecule has 0 aromatic heterocycles. The quantitative estimate of drug-likeness (QED) is 0.370. The minimum Gasteiger partial charge on any atom is -0.458 e. The lowest BCUT2D eigenvalue weighted by Crippen LogP contribution is -2.04. The zero-order chi connectivity index (χ0) is 10.2. The van der Waals surface area contributed by atoms with Gasteiger partial charge in [-0.15, -0.1) is 0 Å². The van der Waals surface area contributed by atoms with E-state index in [0.29, 0.717) is 12.2 Å². The van der Waals surface area contributed by atoms with Crippen molar-refractivity contribution in [1.29, 1.82) is 0 Å². The Bertz CT molecular complexity index is 306. The van der Waals surface area contributed by atoms with Crippen LogP contribution in [0.15, 0.2) is 42.5 Å². The van der Waals surface area contributed by atoms with E-state index < -0.39 is 0 Å². The molecule has 0 amide bonds. The van der Waals surface area contributed by atoms with Gasteiger partial charge in [0.2, 0.25) is 0 Å². The summed E-state index contributed by atoms with van der Waals surface area (Å²) >= 11 is 2.23. The summed E-state index contributed by atoms with van der Waals surface area (Å²) < 4.78 is 5.93. The van der Waals surface area contributed by atoms with Crippen LogP contribution in [-0.4, -0.2) is 17.0 Å². The van der Waals surface area contributed by atoms with Crippen LogP contribution < -0.4 is 0 Å². The summed E-state index contributed by atoms with van der Waals surface area (Å²) in [4.78, 5) is 11.3. The summed E-state index contributed by atoms with van der Waals surface area (Å²) in [5, 5.41) is 0. The van der Waals surface area contributed by atoms with Crippen molar-refractivity contribution >= 4 is 28.6 Å². The van der Waals surface area contributed by atoms with Gasteiger partial charge in [-0.25, -0.2) is 4.79 Å². The van der Waals surface area contributed by atoms with Crippen molar-refractivity contribution in [3.63, 3.8) is 0 Å². The van der Waals surface area contributed by atoms with Gasteiger partial charge in [-0.1, -0.05) is 52.9 Å². The zero-order valence-electron chi connectivity index (χ0n) is 7.65. The molecule has 0 aliphatic carbocycles. The molecule has 3 heteroatoms. The molecule has 14 heavy (non-hydrogen) atoms. The molecule has 0 unspecified atom stereocenters. The van der Waals surface area contributed by atoms with Crippen molar-refractivity contribution in [2.45, 2.75) is 0 Å². The number of alkyl halides is 1. The van der Waals surface area contributed by atoms with Crippen LogP contribution in [0.3, 0.4) is 0 Å². The number of hydrogen-bond acceptors (Lipinski definition) is 2. The van der Waals surface area contributed by atoms with E-state index in [2.05, 4.69) is 22.6 Å². The molecule has 1 aromatic rings. The molecule has 0 saturated heterocycles. The molecule has 0 aliphatic heterocycles. The lowest BCUT2D eigenvalue weighted by molar-refractivity contribution is 0.0549. The molecule has 74 valence electrons. The number of ether oxygens (including phenoxy) is 1. The summed E-state index contributed by atoms with van der Waals surface area (Å²) in [7, 11) is 0. The highest BCUT2D eigenvalue weighted by molar-refractivity contribution is 14.1. The minimum absolute atomic E-state index is 0.274. The van der Waals surface area contributed by atoms with Gasteiger partial charge in [-0.3, -0.25) is 0 Å². The largest absolute Gasteiger partial charge is 0.458 e. The highest BCUT2D eigenvalue weighted by Gasteiger charge is 2.03. The van der Waals surface area contributed by atoms with Gasteiger partial charge in [0.15, 0.2) is 0 Å². The number of hydrogen-bond donors (Lipinski definition) is 0. The predicted octanol–water partition coefficient (Wildman–Crippen LogP) is 2.83. The maximum absolute atomic E-state index is 11.3. The van der Waals surface area contributed by atoms with Crippen LogP contribution in [0.25, 0.3) is 0 Å². The lowest BCUT2D eigenvalue weighted by Gasteiger charge is -2.00. The van der Waals surface area contributed by atoms with Crippen LogP contribution in [0.1, 0.15) is 10.4 Å². The molecule has 0 N–H and O–H groups in total. The molecule has 0 fully saturated rings. The number of carbonyl (C=O) groups is 1. The van der Waals surface area contributed by atoms with Crippen LogP contribution in [0.5, 0.6) is 0 Å². The molecule has 0 bridgehead atoms. The van der Waals surface area contributed by atoms with Gasteiger partial charge in [-0.2, -0.15) is 0 Å². The summed E-state index contributed by atoms with van der Waals surface area (Å²) in [5.41, 5.74) is 0.593. The van der Waals surface area contributed by atoms with Gasteiger partial charge in [0.25, 0.3) is 0 Å². The molecule has 0 heterocycles. The fourth-order valence-electron chi connectivity index (χ4n) is 0.912. The number of esters is 1. The summed E-state index contributed by atoms with van der Waals surface area (Å²) in [6, 6.07) is 8.98. The first-order valence-corrected chi connectivity index (χ1v) is 5.80. The molecule has 0 spiro atoms. The lowest BCUT2D eigenvalue weighted by atomic mass is 10.2. The number of benzene rings is 1. The van der Waals surface area contributed by atoms with Gasteiger partial charge in [0, 0.05) is 4.43 Å². The molecule has 0 radical (unpaired) electrons. The fraction of sp³-hybridized carbons (Fsp3) is 0.182. The van der Waals surface area contributed by atoms with Gasteiger partial charge >= 0.3 is 5.97 Å². The number of rotatable bonds is 4. The highest BCUT2D eigenvalue weighted by atomic mass is 127. The summed E-state index contributed by atoms with van der Waals surface area (Å²) in [5.74, 6) is -0.274. The molecule has 1 rings (SSSR count). The number of halogens is 1. The molecule has 1 aromatic carbocycles. The van der Waals surface area contributed by atoms with Crippen LogP contribution in [-0.2, 0) is 4.74 Å². The first-order chi connectivity index (χ1) is 6.84. The van der Waals surface area contributed by atoms with E-state index in [1.807, 2.05) is 30.4 Å². The van der Waals surface area contributed by atoms with E-state index in [-0.39, 0.29) is 5.97 Å². The third kappa shape index (κ3) is 3.91. The van der Waals surface area contributed by atoms with Crippen LogP contribution in [0.2, 0.25) is 0 Å². The first-order valence-electron chi connectivity index (χ1n) is 4.27. The van der Waals surface area contributed by atoms with Crippen molar-refractivity contribution < 1.29 is 9.53 Å². The maximum Gasteiger partial charge on any atom is 0.338 e. The average molecular weight is 302 g/mol. The van der Waals surface area contributed by atoms with Gasteiger partial charge < -0.3 is 4.74 Å². The SMILES string of the molecule is O=C(OCC=CCI)c1ccccc1. The second-order valence-electron chi connectivity index (χ2n) is 2.59. The van der Waals surface area contributed by atoms with Crippen LogP contribution >= 0.6 is 22.6 Å². The van der Waals surface area contributed by atoms with E-state index in [0.717, 1.165) is 4.43 Å². The van der Waals surface area contributed by atoms with Crippen molar-refractivity contribution in [3.8, 4) is 0 Å². The number of carbonyl (C=O) groups excluding carboxylic acids is 1. The fourth-order valence-corrected chi connectivity index (χ4v) is 1.27. The summed E-state index contributed by atoms with van der Waals surface area (Å²) in [6.45, 7) is 0.344. The van der Waals surface area contributed by atoms with Gasteiger partial charge in [0.1, 0.15) is 6.61 Å². The topological polar surface area (TPSA) is 26.3 Å². The Kier molecular flexibility index (Phi) is 5.29. The van der Waals surface area contributed by atoms with E-state index in [1.165, 1.54) is 0 Å². The molecule has 2 nitrogen and oxygen atoms in total. The molecule has 0 aliphatic rings. The van der Waals surface area contributed by atoms with Crippen molar-refractivity contribution in [2.24, 2.45) is 0 Å². The van der Waals surface area contributed by atoms with E-state index in [1.54, 1.807) is 12.1 Å². The second kappa shape index (κ2) is 6.59.